The minimum atomic E-state index is 0.0405. The van der Waals surface area contributed by atoms with Crippen LogP contribution in [0.4, 0.5) is 11.4 Å². The van der Waals surface area contributed by atoms with E-state index in [1.54, 1.807) is 0 Å². The number of fused-ring (bicyclic) bond motifs is 2. The number of anilines is 2. The molecule has 6 nitrogen and oxygen atoms in total. The fourth-order valence-electron chi connectivity index (χ4n) is 3.72. The highest BCUT2D eigenvalue weighted by molar-refractivity contribution is 5.94. The van der Waals surface area contributed by atoms with E-state index in [4.69, 9.17) is 9.47 Å². The molecule has 0 aromatic heterocycles. The molecule has 0 bridgehead atoms. The molecule has 2 aromatic rings. The van der Waals surface area contributed by atoms with Gasteiger partial charge in [-0.2, -0.15) is 0 Å². The van der Waals surface area contributed by atoms with Gasteiger partial charge in [0, 0.05) is 36.3 Å². The molecule has 6 heteroatoms. The van der Waals surface area contributed by atoms with Crippen molar-refractivity contribution in [3.05, 3.63) is 47.5 Å². The minimum absolute atomic E-state index is 0.0405. The molecule has 152 valence electrons. The summed E-state index contributed by atoms with van der Waals surface area (Å²) < 4.78 is 11.8. The molecule has 0 unspecified atom stereocenters. The lowest BCUT2D eigenvalue weighted by molar-refractivity contribution is -0.117. The summed E-state index contributed by atoms with van der Waals surface area (Å²) >= 11 is 0. The zero-order valence-electron chi connectivity index (χ0n) is 16.6. The van der Waals surface area contributed by atoms with Gasteiger partial charge in [-0.05, 0) is 55.9 Å². The number of ether oxygens (including phenoxy) is 2. The van der Waals surface area contributed by atoms with Crippen molar-refractivity contribution in [3.63, 3.8) is 0 Å². The van der Waals surface area contributed by atoms with Crippen molar-refractivity contribution in [1.29, 1.82) is 0 Å². The number of aryl methyl sites for hydroxylation is 2. The molecular formula is C23H26N2O4. The number of rotatable bonds is 7. The largest absolute Gasteiger partial charge is 0.494 e. The monoisotopic (exact) mass is 394 g/mol. The Balaban J connectivity index is 1.23. The smallest absolute Gasteiger partial charge is 0.224 e. The molecule has 2 aliphatic rings. The first-order chi connectivity index (χ1) is 14.1. The number of amides is 2. The van der Waals surface area contributed by atoms with Gasteiger partial charge in [0.05, 0.1) is 12.7 Å². The van der Waals surface area contributed by atoms with Crippen molar-refractivity contribution in [2.24, 2.45) is 0 Å². The molecular weight excluding hydrogens is 368 g/mol. The van der Waals surface area contributed by atoms with Gasteiger partial charge in [0.2, 0.25) is 11.8 Å². The maximum absolute atomic E-state index is 11.6. The summed E-state index contributed by atoms with van der Waals surface area (Å²) in [7, 11) is 0. The second-order valence-corrected chi connectivity index (χ2v) is 7.65. The summed E-state index contributed by atoms with van der Waals surface area (Å²) in [5.41, 5.74) is 4.02. The van der Waals surface area contributed by atoms with Crippen molar-refractivity contribution >= 4 is 23.2 Å². The Morgan fingerprint density at radius 3 is 2.10 bits per heavy atom. The van der Waals surface area contributed by atoms with Crippen LogP contribution in [0, 0.1) is 0 Å². The highest BCUT2D eigenvalue weighted by Gasteiger charge is 2.16. The first kappa shape index (κ1) is 19.3. The number of hydrogen-bond acceptors (Lipinski definition) is 4. The van der Waals surface area contributed by atoms with E-state index in [-0.39, 0.29) is 17.9 Å². The molecule has 2 aliphatic heterocycles. The first-order valence-corrected chi connectivity index (χ1v) is 10.2. The molecule has 0 spiro atoms. The van der Waals surface area contributed by atoms with E-state index < -0.39 is 0 Å². The Kier molecular flexibility index (Phi) is 5.69. The SMILES string of the molecule is C[C@H](CCCOc1ccc2c(c1)NC(=O)CC2)Oc1ccc2c(c1)NC(=O)CC2. The Hall–Kier alpha value is -3.02. The van der Waals surface area contributed by atoms with Gasteiger partial charge in [0.15, 0.2) is 0 Å². The van der Waals surface area contributed by atoms with Crippen LogP contribution in [0.25, 0.3) is 0 Å². The summed E-state index contributed by atoms with van der Waals surface area (Å²) in [4.78, 5) is 23.1. The lowest BCUT2D eigenvalue weighted by atomic mass is 10.0. The third-order valence-electron chi connectivity index (χ3n) is 5.31. The maximum Gasteiger partial charge on any atom is 0.224 e. The van der Waals surface area contributed by atoms with Gasteiger partial charge < -0.3 is 20.1 Å². The second kappa shape index (κ2) is 8.55. The van der Waals surface area contributed by atoms with Crippen LogP contribution in [0.15, 0.2) is 36.4 Å². The predicted octanol–water partition coefficient (Wildman–Crippen LogP) is 4.08. The lowest BCUT2D eigenvalue weighted by Crippen LogP contribution is -2.19. The van der Waals surface area contributed by atoms with Gasteiger partial charge in [-0.15, -0.1) is 0 Å². The van der Waals surface area contributed by atoms with Gasteiger partial charge in [-0.25, -0.2) is 0 Å². The van der Waals surface area contributed by atoms with E-state index >= 15 is 0 Å². The van der Waals surface area contributed by atoms with Crippen LogP contribution >= 0.6 is 0 Å². The molecule has 1 atom stereocenters. The highest BCUT2D eigenvalue weighted by Crippen LogP contribution is 2.29. The maximum atomic E-state index is 11.6. The molecule has 4 rings (SSSR count). The van der Waals surface area contributed by atoms with E-state index in [2.05, 4.69) is 10.6 Å². The fourth-order valence-corrected chi connectivity index (χ4v) is 3.72. The second-order valence-electron chi connectivity index (χ2n) is 7.65. The zero-order chi connectivity index (χ0) is 20.2. The highest BCUT2D eigenvalue weighted by atomic mass is 16.5. The van der Waals surface area contributed by atoms with Crippen LogP contribution in [0.2, 0.25) is 0 Å². The number of hydrogen-bond donors (Lipinski definition) is 2. The van der Waals surface area contributed by atoms with Crippen LogP contribution < -0.4 is 20.1 Å². The van der Waals surface area contributed by atoms with Crippen molar-refractivity contribution < 1.29 is 19.1 Å². The molecule has 2 aromatic carbocycles. The van der Waals surface area contributed by atoms with Gasteiger partial charge in [0.1, 0.15) is 11.5 Å². The third kappa shape index (κ3) is 4.88. The molecule has 0 radical (unpaired) electrons. The fraction of sp³-hybridized carbons (Fsp3) is 0.391. The Morgan fingerprint density at radius 2 is 1.45 bits per heavy atom. The molecule has 0 saturated heterocycles. The molecule has 0 saturated carbocycles. The number of nitrogens with one attached hydrogen (secondary N) is 2. The van der Waals surface area contributed by atoms with E-state index in [9.17, 15) is 9.59 Å². The summed E-state index contributed by atoms with van der Waals surface area (Å²) in [6, 6.07) is 11.8. The Morgan fingerprint density at radius 1 is 0.862 bits per heavy atom. The number of benzene rings is 2. The summed E-state index contributed by atoms with van der Waals surface area (Å²) in [6.45, 7) is 2.62. The number of carbonyl (C=O) groups is 2. The van der Waals surface area contributed by atoms with Crippen molar-refractivity contribution in [2.45, 2.75) is 51.6 Å². The van der Waals surface area contributed by atoms with Gasteiger partial charge in [0.25, 0.3) is 0 Å². The van der Waals surface area contributed by atoms with Gasteiger partial charge in [-0.1, -0.05) is 12.1 Å². The summed E-state index contributed by atoms with van der Waals surface area (Å²) in [5, 5.41) is 5.80. The molecule has 2 amide bonds. The van der Waals surface area contributed by atoms with Crippen molar-refractivity contribution in [2.75, 3.05) is 17.2 Å². The first-order valence-electron chi connectivity index (χ1n) is 10.2. The molecule has 2 N–H and O–H groups in total. The molecule has 29 heavy (non-hydrogen) atoms. The van der Waals surface area contributed by atoms with Crippen molar-refractivity contribution in [1.82, 2.24) is 0 Å². The van der Waals surface area contributed by atoms with Crippen LogP contribution in [-0.4, -0.2) is 24.5 Å². The van der Waals surface area contributed by atoms with E-state index in [0.717, 1.165) is 59.7 Å². The average Bonchev–Trinajstić information content (AvgIpc) is 2.70. The Labute approximate surface area is 170 Å². The van der Waals surface area contributed by atoms with Gasteiger partial charge in [-0.3, -0.25) is 9.59 Å². The zero-order valence-corrected chi connectivity index (χ0v) is 16.6. The molecule has 0 aliphatic carbocycles. The Bertz CT molecular complexity index is 925. The standard InChI is InChI=1S/C23H26N2O4/c1-15(29-19-9-5-17-7-11-23(27)25-21(17)14-19)3-2-12-28-18-8-4-16-6-10-22(26)24-20(16)13-18/h4-5,8-9,13-15H,2-3,6-7,10-12H2,1H3,(H,24,26)(H,25,27)/t15-/m1/s1. The average molecular weight is 394 g/mol. The van der Waals surface area contributed by atoms with E-state index in [0.29, 0.717) is 19.4 Å². The number of carbonyl (C=O) groups excluding carboxylic acids is 2. The normalized spacial score (nSPS) is 16.2. The van der Waals surface area contributed by atoms with Gasteiger partial charge >= 0.3 is 0 Å². The van der Waals surface area contributed by atoms with Crippen LogP contribution in [0.1, 0.15) is 43.7 Å². The van der Waals surface area contributed by atoms with Crippen LogP contribution in [0.3, 0.4) is 0 Å². The topological polar surface area (TPSA) is 76.7 Å². The molecule has 0 fully saturated rings. The molecule has 2 heterocycles. The lowest BCUT2D eigenvalue weighted by Gasteiger charge is -2.20. The van der Waals surface area contributed by atoms with E-state index in [1.165, 1.54) is 0 Å². The van der Waals surface area contributed by atoms with Crippen LogP contribution in [-0.2, 0) is 22.4 Å². The van der Waals surface area contributed by atoms with Crippen molar-refractivity contribution in [3.8, 4) is 11.5 Å². The third-order valence-corrected chi connectivity index (χ3v) is 5.31. The quantitative estimate of drug-likeness (QED) is 0.694. The predicted molar refractivity (Wildman–Crippen MR) is 112 cm³/mol. The van der Waals surface area contributed by atoms with Crippen LogP contribution in [0.5, 0.6) is 11.5 Å². The van der Waals surface area contributed by atoms with E-state index in [1.807, 2.05) is 43.3 Å². The minimum Gasteiger partial charge on any atom is -0.494 e. The summed E-state index contributed by atoms with van der Waals surface area (Å²) in [6.07, 6.45) is 4.39. The summed E-state index contributed by atoms with van der Waals surface area (Å²) in [5.74, 6) is 1.65.